The fraction of sp³-hybridized carbons (Fsp3) is 0.667. The summed E-state index contributed by atoms with van der Waals surface area (Å²) in [6, 6.07) is 7.73. The Balaban J connectivity index is 2.13. The third kappa shape index (κ3) is 4.24. The Bertz CT molecular complexity index is 421. The lowest BCUT2D eigenvalue weighted by Crippen LogP contribution is -2.29. The Hall–Kier alpha value is -1.02. The maximum atomic E-state index is 3.60. The number of benzene rings is 1. The summed E-state index contributed by atoms with van der Waals surface area (Å²) in [5.74, 6) is 0.707. The lowest BCUT2D eigenvalue weighted by Gasteiger charge is -2.27. The Morgan fingerprint density at radius 2 is 2.05 bits per heavy atom. The first-order valence-electron chi connectivity index (χ1n) is 8.18. The molecule has 0 aromatic heterocycles. The maximum absolute atomic E-state index is 3.60. The highest BCUT2D eigenvalue weighted by atomic mass is 15.2. The van der Waals surface area contributed by atoms with Gasteiger partial charge in [-0.25, -0.2) is 0 Å². The molecule has 0 amide bonds. The molecule has 1 aliphatic carbocycles. The zero-order valence-corrected chi connectivity index (χ0v) is 13.6. The minimum Gasteiger partial charge on any atom is -0.368 e. The second kappa shape index (κ2) is 7.12. The van der Waals surface area contributed by atoms with Gasteiger partial charge in [0.05, 0.1) is 0 Å². The van der Waals surface area contributed by atoms with Crippen molar-refractivity contribution in [3.8, 4) is 0 Å². The summed E-state index contributed by atoms with van der Waals surface area (Å²) in [7, 11) is 0. The van der Waals surface area contributed by atoms with Crippen LogP contribution in [0.5, 0.6) is 0 Å². The van der Waals surface area contributed by atoms with E-state index in [0.29, 0.717) is 5.92 Å². The van der Waals surface area contributed by atoms with Gasteiger partial charge < -0.3 is 10.2 Å². The molecule has 0 aliphatic heterocycles. The third-order valence-corrected chi connectivity index (χ3v) is 3.86. The molecule has 1 aromatic carbocycles. The normalized spacial score (nSPS) is 14.8. The van der Waals surface area contributed by atoms with Crippen molar-refractivity contribution in [3.63, 3.8) is 0 Å². The van der Waals surface area contributed by atoms with Gasteiger partial charge in [0.2, 0.25) is 0 Å². The van der Waals surface area contributed by atoms with Crippen molar-refractivity contribution >= 4 is 5.69 Å². The van der Waals surface area contributed by atoms with Gasteiger partial charge in [0, 0.05) is 24.8 Å². The number of rotatable bonds is 8. The van der Waals surface area contributed by atoms with Crippen LogP contribution in [-0.4, -0.2) is 19.1 Å². The summed E-state index contributed by atoms with van der Waals surface area (Å²) in [4.78, 5) is 2.63. The number of hydrogen-bond donors (Lipinski definition) is 1. The summed E-state index contributed by atoms with van der Waals surface area (Å²) < 4.78 is 0. The monoisotopic (exact) mass is 274 g/mol. The highest BCUT2D eigenvalue weighted by Gasteiger charge is 2.29. The topological polar surface area (TPSA) is 15.3 Å². The van der Waals surface area contributed by atoms with Crippen LogP contribution in [0.3, 0.4) is 0 Å². The molecule has 2 nitrogen and oxygen atoms in total. The van der Waals surface area contributed by atoms with Gasteiger partial charge in [-0.1, -0.05) is 38.5 Å². The lowest BCUT2D eigenvalue weighted by atomic mass is 10.1. The van der Waals surface area contributed by atoms with Gasteiger partial charge in [-0.05, 0) is 50.3 Å². The molecule has 1 aliphatic rings. The average Bonchev–Trinajstić information content (AvgIpc) is 3.21. The van der Waals surface area contributed by atoms with Gasteiger partial charge in [-0.3, -0.25) is 0 Å². The van der Waals surface area contributed by atoms with Crippen molar-refractivity contribution in [2.75, 3.05) is 18.0 Å². The van der Waals surface area contributed by atoms with Crippen LogP contribution in [0.1, 0.15) is 51.2 Å². The SMILES string of the molecule is CCCN(c1ccc(C)cc1CNCC(C)C)C1CC1. The number of nitrogens with zero attached hydrogens (tertiary/aromatic N) is 1. The fourth-order valence-corrected chi connectivity index (χ4v) is 2.76. The first kappa shape index (κ1) is 15.4. The Morgan fingerprint density at radius 3 is 2.65 bits per heavy atom. The molecule has 2 rings (SSSR count). The molecule has 0 unspecified atom stereocenters. The van der Waals surface area contributed by atoms with Crippen molar-refractivity contribution < 1.29 is 0 Å². The standard InChI is InChI=1S/C18H30N2/c1-5-10-20(17-7-8-17)18-9-6-15(4)11-16(18)13-19-12-14(2)3/h6,9,11,14,17,19H,5,7-8,10,12-13H2,1-4H3. The Labute approximate surface area is 124 Å². The predicted molar refractivity (Wildman–Crippen MR) is 88.4 cm³/mol. The molecule has 112 valence electrons. The van der Waals surface area contributed by atoms with E-state index >= 15 is 0 Å². The molecule has 0 heterocycles. The Morgan fingerprint density at radius 1 is 1.30 bits per heavy atom. The maximum Gasteiger partial charge on any atom is 0.0414 e. The van der Waals surface area contributed by atoms with Crippen molar-refractivity contribution in [3.05, 3.63) is 29.3 Å². The molecule has 1 fully saturated rings. The van der Waals surface area contributed by atoms with Crippen molar-refractivity contribution in [2.24, 2.45) is 5.92 Å². The van der Waals surface area contributed by atoms with Gasteiger partial charge in [0.25, 0.3) is 0 Å². The average molecular weight is 274 g/mol. The molecule has 2 heteroatoms. The van der Waals surface area contributed by atoms with E-state index < -0.39 is 0 Å². The molecule has 1 N–H and O–H groups in total. The van der Waals surface area contributed by atoms with Crippen molar-refractivity contribution in [1.82, 2.24) is 5.32 Å². The van der Waals surface area contributed by atoms with Crippen LogP contribution < -0.4 is 10.2 Å². The fourth-order valence-electron chi connectivity index (χ4n) is 2.76. The molecule has 1 aromatic rings. The minimum absolute atomic E-state index is 0.707. The van der Waals surface area contributed by atoms with Crippen LogP contribution in [0.25, 0.3) is 0 Å². The zero-order chi connectivity index (χ0) is 14.5. The first-order valence-corrected chi connectivity index (χ1v) is 8.18. The van der Waals surface area contributed by atoms with Gasteiger partial charge >= 0.3 is 0 Å². The van der Waals surface area contributed by atoms with Gasteiger partial charge in [0.1, 0.15) is 0 Å². The van der Waals surface area contributed by atoms with Crippen LogP contribution in [0, 0.1) is 12.8 Å². The van der Waals surface area contributed by atoms with Crippen LogP contribution in [0.4, 0.5) is 5.69 Å². The predicted octanol–water partition coefficient (Wildman–Crippen LogP) is 4.12. The van der Waals surface area contributed by atoms with E-state index in [2.05, 4.69) is 56.1 Å². The third-order valence-electron chi connectivity index (χ3n) is 3.86. The number of anilines is 1. The molecular formula is C18H30N2. The summed E-state index contributed by atoms with van der Waals surface area (Å²) in [6.45, 7) is 12.3. The Kier molecular flexibility index (Phi) is 5.47. The first-order chi connectivity index (χ1) is 9.61. The molecule has 1 saturated carbocycles. The van der Waals surface area contributed by atoms with Gasteiger partial charge in [0.15, 0.2) is 0 Å². The van der Waals surface area contributed by atoms with E-state index in [4.69, 9.17) is 0 Å². The quantitative estimate of drug-likeness (QED) is 0.767. The number of hydrogen-bond acceptors (Lipinski definition) is 2. The van der Waals surface area contributed by atoms with Gasteiger partial charge in [-0.15, -0.1) is 0 Å². The smallest absolute Gasteiger partial charge is 0.0414 e. The number of aryl methyl sites for hydroxylation is 1. The van der Waals surface area contributed by atoms with E-state index in [0.717, 1.165) is 19.1 Å². The van der Waals surface area contributed by atoms with E-state index in [1.165, 1.54) is 42.6 Å². The second-order valence-corrected chi connectivity index (χ2v) is 6.58. The van der Waals surface area contributed by atoms with E-state index in [1.807, 2.05) is 0 Å². The van der Waals surface area contributed by atoms with Crippen LogP contribution >= 0.6 is 0 Å². The summed E-state index contributed by atoms with van der Waals surface area (Å²) in [5.41, 5.74) is 4.28. The molecule has 0 spiro atoms. The van der Waals surface area contributed by atoms with Crippen LogP contribution in [0.2, 0.25) is 0 Å². The van der Waals surface area contributed by atoms with E-state index in [-0.39, 0.29) is 0 Å². The number of nitrogens with one attached hydrogen (secondary N) is 1. The summed E-state index contributed by atoms with van der Waals surface area (Å²) in [5, 5.41) is 3.60. The molecule has 0 bridgehead atoms. The largest absolute Gasteiger partial charge is 0.368 e. The molecule has 0 atom stereocenters. The second-order valence-electron chi connectivity index (χ2n) is 6.58. The van der Waals surface area contributed by atoms with E-state index in [9.17, 15) is 0 Å². The van der Waals surface area contributed by atoms with Crippen molar-refractivity contribution in [1.29, 1.82) is 0 Å². The molecule has 0 saturated heterocycles. The molecule has 20 heavy (non-hydrogen) atoms. The summed E-state index contributed by atoms with van der Waals surface area (Å²) in [6.07, 6.45) is 3.96. The van der Waals surface area contributed by atoms with E-state index in [1.54, 1.807) is 0 Å². The van der Waals surface area contributed by atoms with Gasteiger partial charge in [-0.2, -0.15) is 0 Å². The van der Waals surface area contributed by atoms with Crippen molar-refractivity contribution in [2.45, 2.75) is 59.5 Å². The van der Waals surface area contributed by atoms with Crippen LogP contribution in [0.15, 0.2) is 18.2 Å². The lowest BCUT2D eigenvalue weighted by molar-refractivity contribution is 0.551. The van der Waals surface area contributed by atoms with Crippen LogP contribution in [-0.2, 0) is 6.54 Å². The molecule has 0 radical (unpaired) electrons. The zero-order valence-electron chi connectivity index (χ0n) is 13.6. The highest BCUT2D eigenvalue weighted by molar-refractivity contribution is 5.56. The molecular weight excluding hydrogens is 244 g/mol. The minimum atomic E-state index is 0.707. The summed E-state index contributed by atoms with van der Waals surface area (Å²) >= 11 is 0. The highest BCUT2D eigenvalue weighted by Crippen LogP contribution is 2.34.